The Labute approximate surface area is 102 Å². The Balaban J connectivity index is 2.17. The fourth-order valence-corrected chi connectivity index (χ4v) is 2.47. The molecule has 0 saturated heterocycles. The van der Waals surface area contributed by atoms with Crippen LogP contribution in [-0.4, -0.2) is 20.3 Å². The molecule has 0 spiro atoms. The summed E-state index contributed by atoms with van der Waals surface area (Å²) in [6.45, 7) is 0. The Morgan fingerprint density at radius 1 is 1.00 bits per heavy atom. The predicted molar refractivity (Wildman–Crippen MR) is 67.5 cm³/mol. The molecule has 0 fully saturated rings. The van der Waals surface area contributed by atoms with E-state index in [1.54, 1.807) is 0 Å². The molecule has 1 aliphatic carbocycles. The van der Waals surface area contributed by atoms with E-state index in [4.69, 9.17) is 0 Å². The van der Waals surface area contributed by atoms with Gasteiger partial charge in [-0.05, 0) is 0 Å². The Morgan fingerprint density at radius 3 is 2.69 bits per heavy atom. The van der Waals surface area contributed by atoms with Crippen LogP contribution in [0.4, 0.5) is 5.69 Å². The van der Waals surface area contributed by atoms with Crippen LogP contribution < -0.4 is 0 Å². The van der Waals surface area contributed by atoms with Crippen LogP contribution in [0.15, 0.2) is 47.5 Å². The summed E-state index contributed by atoms with van der Waals surface area (Å²) in [5.41, 5.74) is 6.43. The molecule has 0 N–H and O–H groups in total. The summed E-state index contributed by atoms with van der Waals surface area (Å²) in [4.78, 5) is 4.14. The summed E-state index contributed by atoms with van der Waals surface area (Å²) in [7, 11) is 0. The summed E-state index contributed by atoms with van der Waals surface area (Å²) in [6.07, 6.45) is 1.02. The van der Waals surface area contributed by atoms with Crippen LogP contribution in [0.3, 0.4) is 0 Å². The van der Waals surface area contributed by atoms with Crippen LogP contribution in [0.25, 0.3) is 11.1 Å². The molecule has 0 heterocycles. The van der Waals surface area contributed by atoms with Gasteiger partial charge in [0.05, 0.1) is 0 Å². The van der Waals surface area contributed by atoms with Crippen LogP contribution in [-0.2, 0) is 6.42 Å². The maximum absolute atomic E-state index is 4.14. The molecule has 3 rings (SSSR count). The van der Waals surface area contributed by atoms with Crippen molar-refractivity contribution in [3.05, 3.63) is 53.6 Å². The van der Waals surface area contributed by atoms with E-state index in [0.717, 1.165) is 12.1 Å². The average Bonchev–Trinajstić information content (AvgIpc) is 2.67. The summed E-state index contributed by atoms with van der Waals surface area (Å²) in [5.74, 6) is 0. The first-order valence-electron chi connectivity index (χ1n) is 5.17. The molecule has 0 aromatic heterocycles. The van der Waals surface area contributed by atoms with E-state index in [9.17, 15) is 0 Å². The molecule has 0 unspecified atom stereocenters. The molecule has 16 heavy (non-hydrogen) atoms. The second-order valence-electron chi connectivity index (χ2n) is 3.88. The molecule has 0 atom stereocenters. The van der Waals surface area contributed by atoms with E-state index >= 15 is 0 Å². The second kappa shape index (κ2) is 3.84. The quantitative estimate of drug-likeness (QED) is 0.476. The number of nitrogens with zero attached hydrogens (tertiary/aromatic N) is 1. The summed E-state index contributed by atoms with van der Waals surface area (Å²) in [6, 6.07) is 14.9. The molecule has 0 aliphatic heterocycles. The second-order valence-corrected chi connectivity index (χ2v) is 4.26. The molecule has 76 valence electrons. The standard InChI is InChI=1S/C14H9NSe/c16-9-15-12-5-6-14-11(8-12)7-10-3-1-2-4-13(10)14/h1-6,8H,7H2. The van der Waals surface area contributed by atoms with Crippen molar-refractivity contribution in [1.82, 2.24) is 0 Å². The molecule has 0 amide bonds. The molecular formula is C14H9NSe. The van der Waals surface area contributed by atoms with Gasteiger partial charge < -0.3 is 0 Å². The van der Waals surface area contributed by atoms with E-state index in [0.29, 0.717) is 0 Å². The van der Waals surface area contributed by atoms with Crippen molar-refractivity contribution in [2.24, 2.45) is 4.99 Å². The first kappa shape index (κ1) is 9.74. The van der Waals surface area contributed by atoms with Crippen molar-refractivity contribution in [3.8, 4) is 11.1 Å². The third-order valence-corrected chi connectivity index (χ3v) is 3.14. The van der Waals surface area contributed by atoms with Crippen molar-refractivity contribution in [2.75, 3.05) is 0 Å². The minimum absolute atomic E-state index is 0.963. The Bertz CT molecular complexity index is 610. The normalized spacial score (nSPS) is 11.5. The summed E-state index contributed by atoms with van der Waals surface area (Å²) >= 11 is 2.66. The summed E-state index contributed by atoms with van der Waals surface area (Å²) in [5, 5.41) is 0. The van der Waals surface area contributed by atoms with Crippen LogP contribution in [0.1, 0.15) is 11.1 Å². The van der Waals surface area contributed by atoms with Crippen LogP contribution in [0, 0.1) is 0 Å². The third kappa shape index (κ3) is 1.48. The number of aliphatic imine (C=N–C) groups is 1. The molecule has 2 heteroatoms. The minimum atomic E-state index is 0.963. The maximum atomic E-state index is 4.14. The van der Waals surface area contributed by atoms with Gasteiger partial charge in [-0.15, -0.1) is 0 Å². The van der Waals surface area contributed by atoms with Crippen molar-refractivity contribution in [1.29, 1.82) is 0 Å². The van der Waals surface area contributed by atoms with Gasteiger partial charge in [0.2, 0.25) is 0 Å². The molecule has 2 aromatic rings. The van der Waals surface area contributed by atoms with Crippen molar-refractivity contribution >= 4 is 26.0 Å². The number of hydrogen-bond donors (Lipinski definition) is 0. The Morgan fingerprint density at radius 2 is 1.81 bits per heavy atom. The number of fused-ring (bicyclic) bond motifs is 3. The van der Waals surface area contributed by atoms with Gasteiger partial charge in [-0.2, -0.15) is 0 Å². The number of benzene rings is 2. The van der Waals surface area contributed by atoms with Crippen LogP contribution in [0.2, 0.25) is 0 Å². The van der Waals surface area contributed by atoms with E-state index in [2.05, 4.69) is 61.7 Å². The van der Waals surface area contributed by atoms with Gasteiger partial charge >= 0.3 is 102 Å². The van der Waals surface area contributed by atoms with E-state index in [1.165, 1.54) is 22.3 Å². The molecular weight excluding hydrogens is 261 g/mol. The molecule has 0 saturated carbocycles. The molecule has 2 aromatic carbocycles. The Hall–Kier alpha value is -1.46. The van der Waals surface area contributed by atoms with Crippen LogP contribution >= 0.6 is 0 Å². The predicted octanol–water partition coefficient (Wildman–Crippen LogP) is 2.96. The number of rotatable bonds is 1. The average molecular weight is 270 g/mol. The zero-order valence-corrected chi connectivity index (χ0v) is 10.3. The first-order chi connectivity index (χ1) is 7.88. The van der Waals surface area contributed by atoms with E-state index in [-0.39, 0.29) is 0 Å². The SMILES string of the molecule is [Se]=C=Nc1ccc2c(c1)Cc1ccccc1-2. The molecule has 0 radical (unpaired) electrons. The van der Waals surface area contributed by atoms with Crippen molar-refractivity contribution in [3.63, 3.8) is 0 Å². The number of hydrogen-bond acceptors (Lipinski definition) is 1. The zero-order valence-electron chi connectivity index (χ0n) is 8.60. The van der Waals surface area contributed by atoms with E-state index in [1.807, 2.05) is 6.07 Å². The van der Waals surface area contributed by atoms with E-state index < -0.39 is 0 Å². The van der Waals surface area contributed by atoms with Gasteiger partial charge in [0.25, 0.3) is 0 Å². The topological polar surface area (TPSA) is 12.4 Å². The van der Waals surface area contributed by atoms with Gasteiger partial charge in [0.1, 0.15) is 0 Å². The molecule has 0 bridgehead atoms. The van der Waals surface area contributed by atoms with Gasteiger partial charge in [0, 0.05) is 0 Å². The van der Waals surface area contributed by atoms with Crippen molar-refractivity contribution < 1.29 is 0 Å². The zero-order chi connectivity index (χ0) is 11.0. The van der Waals surface area contributed by atoms with Gasteiger partial charge in [-0.1, -0.05) is 0 Å². The molecule has 1 aliphatic rings. The fourth-order valence-electron chi connectivity index (χ4n) is 2.25. The summed E-state index contributed by atoms with van der Waals surface area (Å²) < 4.78 is 2.70. The van der Waals surface area contributed by atoms with Gasteiger partial charge in [-0.3, -0.25) is 0 Å². The Kier molecular flexibility index (Phi) is 2.34. The van der Waals surface area contributed by atoms with Gasteiger partial charge in [0.15, 0.2) is 0 Å². The van der Waals surface area contributed by atoms with Crippen LogP contribution in [0.5, 0.6) is 0 Å². The molecule has 1 nitrogen and oxygen atoms in total. The van der Waals surface area contributed by atoms with Crippen molar-refractivity contribution in [2.45, 2.75) is 6.42 Å². The third-order valence-electron chi connectivity index (χ3n) is 2.95. The fraction of sp³-hybridized carbons (Fsp3) is 0.0714. The van der Waals surface area contributed by atoms with Gasteiger partial charge in [-0.25, -0.2) is 0 Å². The first-order valence-corrected chi connectivity index (χ1v) is 6.03. The monoisotopic (exact) mass is 271 g/mol.